The molecule has 0 aliphatic rings. The van der Waals surface area contributed by atoms with Crippen LogP contribution in [0, 0.1) is 11.3 Å². The molecule has 0 unspecified atom stereocenters. The molecule has 0 saturated carbocycles. The molecule has 104 valence electrons. The summed E-state index contributed by atoms with van der Waals surface area (Å²) in [5.74, 6) is -1.19. The number of nitrogens with one attached hydrogen (secondary N) is 1. The van der Waals surface area contributed by atoms with Gasteiger partial charge in [-0.15, -0.1) is 0 Å². The van der Waals surface area contributed by atoms with Crippen LogP contribution in [0.2, 0.25) is 0 Å². The van der Waals surface area contributed by atoms with Crippen LogP contribution in [0.4, 0.5) is 5.69 Å². The van der Waals surface area contributed by atoms with Crippen molar-refractivity contribution in [2.75, 3.05) is 11.9 Å². The smallest absolute Gasteiger partial charge is 0.338 e. The van der Waals surface area contributed by atoms with Gasteiger partial charge in [0.25, 0.3) is 5.91 Å². The lowest BCUT2D eigenvalue weighted by Crippen LogP contribution is -2.16. The van der Waals surface area contributed by atoms with E-state index in [4.69, 9.17) is 15.7 Å². The second-order valence-corrected chi connectivity index (χ2v) is 3.90. The predicted molar refractivity (Wildman–Crippen MR) is 73.5 cm³/mol. The lowest BCUT2D eigenvalue weighted by Gasteiger charge is -2.08. The predicted octanol–water partition coefficient (Wildman–Crippen LogP) is 1.56. The Labute approximate surface area is 116 Å². The standard InChI is InChI=1S/C14H15N3O3/c1-3-20-14(19)10-4-6-11(7-5-10)17-9(2)12(8-15)13(16)18/h4-7,17H,3H2,1-2H3,(H2,16,18)/b12-9+. The minimum Gasteiger partial charge on any atom is -0.462 e. The molecule has 6 nitrogen and oxygen atoms in total. The van der Waals surface area contributed by atoms with Crippen molar-refractivity contribution < 1.29 is 14.3 Å². The molecule has 0 bridgehead atoms. The SMILES string of the molecule is CCOC(=O)c1ccc(N/C(C)=C(\C#N)C(N)=O)cc1. The number of rotatable bonds is 5. The van der Waals surface area contributed by atoms with Gasteiger partial charge >= 0.3 is 5.97 Å². The number of carbonyl (C=O) groups is 2. The topological polar surface area (TPSA) is 105 Å². The zero-order valence-corrected chi connectivity index (χ0v) is 11.3. The molecular weight excluding hydrogens is 258 g/mol. The van der Waals surface area contributed by atoms with E-state index in [-0.39, 0.29) is 5.57 Å². The Morgan fingerprint density at radius 1 is 1.35 bits per heavy atom. The molecule has 0 saturated heterocycles. The van der Waals surface area contributed by atoms with Crippen molar-refractivity contribution in [1.29, 1.82) is 5.26 Å². The van der Waals surface area contributed by atoms with E-state index in [0.717, 1.165) is 0 Å². The molecule has 0 aromatic heterocycles. The maximum atomic E-state index is 11.5. The van der Waals surface area contributed by atoms with Gasteiger partial charge in [0.15, 0.2) is 0 Å². The summed E-state index contributed by atoms with van der Waals surface area (Å²) in [5.41, 5.74) is 6.34. The quantitative estimate of drug-likeness (QED) is 0.481. The third-order valence-corrected chi connectivity index (χ3v) is 2.46. The van der Waals surface area contributed by atoms with Crippen LogP contribution in [0.1, 0.15) is 24.2 Å². The number of hydrogen-bond acceptors (Lipinski definition) is 5. The van der Waals surface area contributed by atoms with Gasteiger partial charge in [0, 0.05) is 11.4 Å². The number of nitriles is 1. The Bertz CT molecular complexity index is 583. The Morgan fingerprint density at radius 2 is 1.95 bits per heavy atom. The highest BCUT2D eigenvalue weighted by Gasteiger charge is 2.09. The Hall–Kier alpha value is -2.81. The lowest BCUT2D eigenvalue weighted by molar-refractivity contribution is -0.114. The van der Waals surface area contributed by atoms with Crippen LogP contribution in [0.3, 0.4) is 0 Å². The number of amides is 1. The second-order valence-electron chi connectivity index (χ2n) is 3.90. The van der Waals surface area contributed by atoms with Gasteiger partial charge in [-0.1, -0.05) is 0 Å². The van der Waals surface area contributed by atoms with Gasteiger partial charge in [0.05, 0.1) is 12.2 Å². The number of ether oxygens (including phenoxy) is 1. The van der Waals surface area contributed by atoms with Gasteiger partial charge in [-0.25, -0.2) is 4.79 Å². The van der Waals surface area contributed by atoms with Gasteiger partial charge in [-0.3, -0.25) is 4.79 Å². The summed E-state index contributed by atoms with van der Waals surface area (Å²) >= 11 is 0. The maximum Gasteiger partial charge on any atom is 0.338 e. The van der Waals surface area contributed by atoms with E-state index in [2.05, 4.69) is 5.32 Å². The number of nitrogens with zero attached hydrogens (tertiary/aromatic N) is 1. The first kappa shape index (κ1) is 15.2. The van der Waals surface area contributed by atoms with Crippen LogP contribution in [-0.4, -0.2) is 18.5 Å². The van der Waals surface area contributed by atoms with Crippen molar-refractivity contribution in [2.45, 2.75) is 13.8 Å². The highest BCUT2D eigenvalue weighted by Crippen LogP contribution is 2.14. The van der Waals surface area contributed by atoms with Crippen molar-refractivity contribution in [3.8, 4) is 6.07 Å². The van der Waals surface area contributed by atoms with Crippen LogP contribution in [0.25, 0.3) is 0 Å². The molecule has 1 aromatic carbocycles. The largest absolute Gasteiger partial charge is 0.462 e. The fourth-order valence-corrected chi connectivity index (χ4v) is 1.51. The Kier molecular flexibility index (Phi) is 5.30. The molecule has 0 aliphatic heterocycles. The summed E-state index contributed by atoms with van der Waals surface area (Å²) in [7, 11) is 0. The lowest BCUT2D eigenvalue weighted by atomic mass is 10.2. The van der Waals surface area contributed by atoms with Crippen LogP contribution in [0.15, 0.2) is 35.5 Å². The molecule has 0 aliphatic carbocycles. The van der Waals surface area contributed by atoms with E-state index in [1.54, 1.807) is 44.2 Å². The van der Waals surface area contributed by atoms with Crippen LogP contribution in [0.5, 0.6) is 0 Å². The molecule has 1 amide bonds. The fourth-order valence-electron chi connectivity index (χ4n) is 1.51. The summed E-state index contributed by atoms with van der Waals surface area (Å²) in [6, 6.07) is 8.20. The number of anilines is 1. The summed E-state index contributed by atoms with van der Waals surface area (Å²) < 4.78 is 4.86. The van der Waals surface area contributed by atoms with Crippen molar-refractivity contribution >= 4 is 17.6 Å². The molecule has 20 heavy (non-hydrogen) atoms. The summed E-state index contributed by atoms with van der Waals surface area (Å²) in [5, 5.41) is 11.7. The minimum absolute atomic E-state index is 0.139. The number of carbonyl (C=O) groups excluding carboxylic acids is 2. The van der Waals surface area contributed by atoms with Gasteiger partial charge in [-0.2, -0.15) is 5.26 Å². The Balaban J connectivity index is 2.88. The molecule has 0 atom stereocenters. The van der Waals surface area contributed by atoms with Gasteiger partial charge in [0.2, 0.25) is 0 Å². The molecule has 0 spiro atoms. The number of benzene rings is 1. The maximum absolute atomic E-state index is 11.5. The fraction of sp³-hybridized carbons (Fsp3) is 0.214. The van der Waals surface area contributed by atoms with Crippen molar-refractivity contribution in [1.82, 2.24) is 0 Å². The summed E-state index contributed by atoms with van der Waals surface area (Å²) in [6.07, 6.45) is 0. The highest BCUT2D eigenvalue weighted by molar-refractivity contribution is 5.97. The van der Waals surface area contributed by atoms with E-state index in [1.807, 2.05) is 0 Å². The molecule has 0 fully saturated rings. The molecule has 1 aromatic rings. The molecule has 3 N–H and O–H groups in total. The average molecular weight is 273 g/mol. The molecule has 0 radical (unpaired) electrons. The number of nitrogens with two attached hydrogens (primary N) is 1. The van der Waals surface area contributed by atoms with Gasteiger partial charge in [0.1, 0.15) is 11.6 Å². The summed E-state index contributed by atoms with van der Waals surface area (Å²) in [4.78, 5) is 22.5. The van der Waals surface area contributed by atoms with Crippen molar-refractivity contribution in [2.24, 2.45) is 5.73 Å². The first-order valence-corrected chi connectivity index (χ1v) is 5.94. The van der Waals surface area contributed by atoms with Gasteiger partial charge < -0.3 is 15.8 Å². The third-order valence-electron chi connectivity index (χ3n) is 2.46. The van der Waals surface area contributed by atoms with Crippen LogP contribution in [-0.2, 0) is 9.53 Å². The first-order chi connectivity index (χ1) is 9.49. The number of hydrogen-bond donors (Lipinski definition) is 2. The summed E-state index contributed by atoms with van der Waals surface area (Å²) in [6.45, 7) is 3.61. The van der Waals surface area contributed by atoms with Gasteiger partial charge in [-0.05, 0) is 38.1 Å². The second kappa shape index (κ2) is 6.95. The highest BCUT2D eigenvalue weighted by atomic mass is 16.5. The first-order valence-electron chi connectivity index (χ1n) is 5.94. The van der Waals surface area contributed by atoms with Crippen LogP contribution >= 0.6 is 0 Å². The zero-order valence-electron chi connectivity index (χ0n) is 11.3. The molecular formula is C14H15N3O3. The van der Waals surface area contributed by atoms with E-state index < -0.39 is 11.9 Å². The number of esters is 1. The number of allylic oxidation sites excluding steroid dienone is 1. The average Bonchev–Trinajstić information content (AvgIpc) is 2.40. The molecule has 0 heterocycles. The van der Waals surface area contributed by atoms with E-state index >= 15 is 0 Å². The Morgan fingerprint density at radius 3 is 2.40 bits per heavy atom. The van der Waals surface area contributed by atoms with Crippen LogP contribution < -0.4 is 11.1 Å². The molecule has 6 heteroatoms. The van der Waals surface area contributed by atoms with E-state index in [0.29, 0.717) is 23.6 Å². The molecule has 1 rings (SSSR count). The van der Waals surface area contributed by atoms with E-state index in [9.17, 15) is 9.59 Å². The third kappa shape index (κ3) is 3.85. The van der Waals surface area contributed by atoms with Crippen molar-refractivity contribution in [3.05, 3.63) is 41.1 Å². The minimum atomic E-state index is -0.791. The van der Waals surface area contributed by atoms with E-state index in [1.165, 1.54) is 0 Å². The number of primary amides is 1. The zero-order chi connectivity index (χ0) is 15.1. The van der Waals surface area contributed by atoms with Crippen molar-refractivity contribution in [3.63, 3.8) is 0 Å². The normalized spacial score (nSPS) is 11.1. The monoisotopic (exact) mass is 273 g/mol.